The molecule has 1 N–H and O–H groups in total. The van der Waals surface area contributed by atoms with Crippen LogP contribution >= 0.6 is 11.6 Å². The number of hydrogen-bond donors (Lipinski definition) is 1. The first-order chi connectivity index (χ1) is 9.32. The minimum atomic E-state index is -0.195. The van der Waals surface area contributed by atoms with E-state index in [1.807, 2.05) is 6.92 Å². The van der Waals surface area contributed by atoms with Crippen molar-refractivity contribution < 1.29 is 4.39 Å². The molecule has 1 aromatic carbocycles. The number of hydrogen-bond acceptors (Lipinski definition) is 2. The van der Waals surface area contributed by atoms with Crippen molar-refractivity contribution in [3.05, 3.63) is 34.1 Å². The van der Waals surface area contributed by atoms with Crippen molar-refractivity contribution in [2.75, 3.05) is 26.2 Å². The third-order valence-electron chi connectivity index (χ3n) is 3.93. The van der Waals surface area contributed by atoms with Crippen LogP contribution in [0.5, 0.6) is 0 Å². The summed E-state index contributed by atoms with van der Waals surface area (Å²) in [7, 11) is 0. The van der Waals surface area contributed by atoms with Gasteiger partial charge in [0, 0.05) is 37.8 Å². The molecule has 1 heterocycles. The van der Waals surface area contributed by atoms with Crippen LogP contribution in [0.3, 0.4) is 0 Å². The average Bonchev–Trinajstić information content (AvgIpc) is 2.39. The molecule has 2 nitrogen and oxygen atoms in total. The highest BCUT2D eigenvalue weighted by atomic mass is 35.5. The number of piperazine rings is 1. The second-order valence-corrected chi connectivity index (χ2v) is 7.02. The van der Waals surface area contributed by atoms with Crippen LogP contribution < -0.4 is 5.32 Å². The molecule has 0 spiro atoms. The standard InChI is InChI=1S/C16H24ClFN2/c1-11-5-6-12(18)13(14(11)17)15(16(2,3)4)20-9-7-19-8-10-20/h5-6,15,19H,7-10H2,1-4H3/t15-/m1/s1. The van der Waals surface area contributed by atoms with Crippen molar-refractivity contribution in [1.29, 1.82) is 0 Å². The minimum Gasteiger partial charge on any atom is -0.314 e. The summed E-state index contributed by atoms with van der Waals surface area (Å²) in [5, 5.41) is 3.92. The van der Waals surface area contributed by atoms with Gasteiger partial charge in [0.2, 0.25) is 0 Å². The molecule has 1 aliphatic rings. The third kappa shape index (κ3) is 3.16. The van der Waals surface area contributed by atoms with Gasteiger partial charge in [-0.1, -0.05) is 38.4 Å². The minimum absolute atomic E-state index is 0.00278. The molecule has 1 fully saturated rings. The Balaban J connectivity index is 2.49. The molecule has 20 heavy (non-hydrogen) atoms. The van der Waals surface area contributed by atoms with Crippen LogP contribution in [-0.4, -0.2) is 31.1 Å². The smallest absolute Gasteiger partial charge is 0.129 e. The van der Waals surface area contributed by atoms with Crippen LogP contribution in [0.25, 0.3) is 0 Å². The van der Waals surface area contributed by atoms with Crippen LogP contribution in [0.4, 0.5) is 4.39 Å². The lowest BCUT2D eigenvalue weighted by Gasteiger charge is -2.43. The molecule has 0 amide bonds. The predicted molar refractivity (Wildman–Crippen MR) is 82.8 cm³/mol. The Kier molecular flexibility index (Phi) is 4.73. The Morgan fingerprint density at radius 3 is 2.40 bits per heavy atom. The maximum absolute atomic E-state index is 14.4. The van der Waals surface area contributed by atoms with Crippen LogP contribution in [0.2, 0.25) is 5.02 Å². The maximum Gasteiger partial charge on any atom is 0.129 e. The molecule has 2 rings (SSSR count). The van der Waals surface area contributed by atoms with Crippen molar-refractivity contribution in [2.45, 2.75) is 33.7 Å². The van der Waals surface area contributed by atoms with Crippen LogP contribution in [0.1, 0.15) is 37.9 Å². The van der Waals surface area contributed by atoms with E-state index < -0.39 is 0 Å². The molecular weight excluding hydrogens is 275 g/mol. The lowest BCUT2D eigenvalue weighted by molar-refractivity contribution is 0.0835. The Morgan fingerprint density at radius 1 is 1.25 bits per heavy atom. The van der Waals surface area contributed by atoms with E-state index in [2.05, 4.69) is 31.0 Å². The number of aryl methyl sites for hydroxylation is 1. The molecule has 0 unspecified atom stereocenters. The highest BCUT2D eigenvalue weighted by Gasteiger charge is 2.36. The van der Waals surface area contributed by atoms with E-state index in [9.17, 15) is 4.39 Å². The third-order valence-corrected chi connectivity index (χ3v) is 4.43. The van der Waals surface area contributed by atoms with Gasteiger partial charge in [-0.3, -0.25) is 4.90 Å². The number of rotatable bonds is 2. The molecular formula is C16H24ClFN2. The zero-order valence-electron chi connectivity index (χ0n) is 12.8. The van der Waals surface area contributed by atoms with Crippen molar-refractivity contribution in [1.82, 2.24) is 10.2 Å². The zero-order valence-corrected chi connectivity index (χ0v) is 13.5. The fourth-order valence-electron chi connectivity index (χ4n) is 3.03. The van der Waals surface area contributed by atoms with Gasteiger partial charge in [-0.25, -0.2) is 4.39 Å². The lowest BCUT2D eigenvalue weighted by atomic mass is 9.80. The van der Waals surface area contributed by atoms with Crippen molar-refractivity contribution in [3.63, 3.8) is 0 Å². The maximum atomic E-state index is 14.4. The van der Waals surface area contributed by atoms with E-state index in [0.29, 0.717) is 10.6 Å². The predicted octanol–water partition coefficient (Wildman–Crippen LogP) is 3.78. The fraction of sp³-hybridized carbons (Fsp3) is 0.625. The Bertz CT molecular complexity index is 476. The molecule has 0 radical (unpaired) electrons. The van der Waals surface area contributed by atoms with E-state index in [4.69, 9.17) is 11.6 Å². The summed E-state index contributed by atoms with van der Waals surface area (Å²) in [6.45, 7) is 12.1. The number of nitrogens with zero attached hydrogens (tertiary/aromatic N) is 1. The molecule has 1 atom stereocenters. The van der Waals surface area contributed by atoms with Gasteiger partial charge >= 0.3 is 0 Å². The molecule has 112 valence electrons. The number of benzene rings is 1. The summed E-state index contributed by atoms with van der Waals surface area (Å²) in [6.07, 6.45) is 0. The first-order valence-electron chi connectivity index (χ1n) is 7.21. The summed E-state index contributed by atoms with van der Waals surface area (Å²) < 4.78 is 14.4. The van der Waals surface area contributed by atoms with E-state index in [0.717, 1.165) is 31.7 Å². The number of halogens is 2. The molecule has 1 aliphatic heterocycles. The quantitative estimate of drug-likeness (QED) is 0.894. The molecule has 0 aliphatic carbocycles. The average molecular weight is 299 g/mol. The topological polar surface area (TPSA) is 15.3 Å². The Morgan fingerprint density at radius 2 is 1.85 bits per heavy atom. The SMILES string of the molecule is Cc1ccc(F)c([C@@H](N2CCNCC2)C(C)(C)C)c1Cl. The van der Waals surface area contributed by atoms with Gasteiger partial charge in [0.1, 0.15) is 5.82 Å². The number of nitrogens with one attached hydrogen (secondary N) is 1. The highest BCUT2D eigenvalue weighted by molar-refractivity contribution is 6.32. The molecule has 0 bridgehead atoms. The summed E-state index contributed by atoms with van der Waals surface area (Å²) in [5.74, 6) is -0.195. The van der Waals surface area contributed by atoms with Gasteiger partial charge in [-0.15, -0.1) is 0 Å². The summed E-state index contributed by atoms with van der Waals surface area (Å²) in [5.41, 5.74) is 1.52. The molecule has 0 aromatic heterocycles. The van der Waals surface area contributed by atoms with Gasteiger partial charge in [0.25, 0.3) is 0 Å². The van der Waals surface area contributed by atoms with Crippen molar-refractivity contribution in [3.8, 4) is 0 Å². The second kappa shape index (κ2) is 6.00. The summed E-state index contributed by atoms with van der Waals surface area (Å²) in [6, 6.07) is 3.29. The normalized spacial score (nSPS) is 19.1. The largest absolute Gasteiger partial charge is 0.314 e. The van der Waals surface area contributed by atoms with E-state index in [-0.39, 0.29) is 17.3 Å². The molecule has 1 saturated heterocycles. The van der Waals surface area contributed by atoms with Gasteiger partial charge in [-0.2, -0.15) is 0 Å². The Hall–Kier alpha value is -0.640. The van der Waals surface area contributed by atoms with Crippen molar-refractivity contribution >= 4 is 11.6 Å². The van der Waals surface area contributed by atoms with E-state index in [1.165, 1.54) is 6.07 Å². The van der Waals surface area contributed by atoms with E-state index >= 15 is 0 Å². The van der Waals surface area contributed by atoms with Gasteiger partial charge in [-0.05, 0) is 24.0 Å². The lowest BCUT2D eigenvalue weighted by Crippen LogP contribution is -2.48. The van der Waals surface area contributed by atoms with Gasteiger partial charge in [0.15, 0.2) is 0 Å². The van der Waals surface area contributed by atoms with E-state index in [1.54, 1.807) is 6.07 Å². The fourth-order valence-corrected chi connectivity index (χ4v) is 3.29. The van der Waals surface area contributed by atoms with Crippen LogP contribution in [0, 0.1) is 18.2 Å². The molecule has 0 saturated carbocycles. The van der Waals surface area contributed by atoms with Crippen LogP contribution in [0.15, 0.2) is 12.1 Å². The zero-order chi connectivity index (χ0) is 14.9. The first-order valence-corrected chi connectivity index (χ1v) is 7.59. The van der Waals surface area contributed by atoms with Gasteiger partial charge < -0.3 is 5.32 Å². The Labute approximate surface area is 126 Å². The summed E-state index contributed by atoms with van der Waals surface area (Å²) in [4.78, 5) is 2.35. The second-order valence-electron chi connectivity index (χ2n) is 6.65. The van der Waals surface area contributed by atoms with Gasteiger partial charge in [0.05, 0.1) is 5.02 Å². The summed E-state index contributed by atoms with van der Waals surface area (Å²) >= 11 is 6.44. The van der Waals surface area contributed by atoms with Crippen molar-refractivity contribution in [2.24, 2.45) is 5.41 Å². The van der Waals surface area contributed by atoms with Crippen LogP contribution in [-0.2, 0) is 0 Å². The molecule has 1 aromatic rings. The highest BCUT2D eigenvalue weighted by Crippen LogP contribution is 2.43. The monoisotopic (exact) mass is 298 g/mol. The first kappa shape index (κ1) is 15.7. The molecule has 4 heteroatoms.